The molecule has 0 saturated carbocycles. The molecule has 2 N–H and O–H groups in total. The summed E-state index contributed by atoms with van der Waals surface area (Å²) >= 11 is 0. The van der Waals surface area contributed by atoms with E-state index >= 15 is 28.8 Å². The molecule has 600 valence electrons. The lowest BCUT2D eigenvalue weighted by Gasteiger charge is -2.36. The number of rotatable bonds is 34. The van der Waals surface area contributed by atoms with E-state index in [2.05, 4.69) is 104 Å². The molecule has 6 unspecified atom stereocenters. The lowest BCUT2D eigenvalue weighted by atomic mass is 9.80. The third-order valence-electron chi connectivity index (χ3n) is 22.4. The Morgan fingerprint density at radius 2 is 0.623 bits per heavy atom. The zero-order chi connectivity index (χ0) is 80.4. The van der Waals surface area contributed by atoms with Crippen LogP contribution in [0.4, 0.5) is 0 Å². The molecule has 9 aromatic rings. The fraction of sp³-hybridized carbons (Fsp3) is 0.457. The van der Waals surface area contributed by atoms with Gasteiger partial charge in [0.1, 0.15) is 58.1 Å². The van der Waals surface area contributed by atoms with Gasteiger partial charge in [0.05, 0.1) is 73.1 Å². The maximum absolute atomic E-state index is 16.6. The molecule has 0 radical (unpaired) electrons. The second-order valence-electron chi connectivity index (χ2n) is 35.1. The predicted octanol–water partition coefficient (Wildman–Crippen LogP) is 15.3. The van der Waals surface area contributed by atoms with Gasteiger partial charge in [0.25, 0.3) is 23.6 Å². The minimum absolute atomic E-state index is 0.0229. The normalized spacial score (nSPS) is 18.6. The summed E-state index contributed by atoms with van der Waals surface area (Å²) < 4.78 is 64.1. The standard InChI is InChI=1S/C92H106N6O16/c1-15-105-39-33-69(83(99)93-35-37-95(45-61-49-107-61)46-62-50-108-62)97-85(101)65-41-71(111-57-25-17-53(18-26-57)89(3,4)5)77-79-73(113-59-29-21-55(22-30-59)91(9,10)11)43-67-76-68(88(104)98(87(67)103)70(34-40-106-16-2)84(100)94-36-38-96(47-63-51-109-63)48-64-52-110-64)44-74(114-60-31-23-56(24-32-60)92(12,13)14)80(82(76)79)78-72(42-66(86(97)102)75(65)81(77)78)112-58-27-19-54(20-28-58)90(6,7)8/h17-32,41-44,61-64,69-70H,15-16,33-40,45-52H2,1-14H3,(H,93,99)(H,94,100). The van der Waals surface area contributed by atoms with Crippen LogP contribution in [0.5, 0.6) is 46.0 Å². The van der Waals surface area contributed by atoms with Gasteiger partial charge < -0.3 is 58.0 Å². The quantitative estimate of drug-likeness (QED) is 0.0125. The summed E-state index contributed by atoms with van der Waals surface area (Å²) in [5.74, 6) is -2.34. The number of benzene rings is 9. The van der Waals surface area contributed by atoms with Crippen LogP contribution < -0.4 is 29.6 Å². The van der Waals surface area contributed by atoms with Crippen LogP contribution in [0, 0.1) is 0 Å². The van der Waals surface area contributed by atoms with E-state index in [4.69, 9.17) is 47.4 Å². The summed E-state index contributed by atoms with van der Waals surface area (Å²) in [6.07, 6.45) is 0.224. The molecule has 6 atom stereocenters. The van der Waals surface area contributed by atoms with Crippen molar-refractivity contribution < 1.29 is 76.1 Å². The van der Waals surface area contributed by atoms with Crippen molar-refractivity contribution in [2.75, 3.05) is 105 Å². The highest BCUT2D eigenvalue weighted by Crippen LogP contribution is 2.58. The summed E-state index contributed by atoms with van der Waals surface area (Å²) in [7, 11) is 0. The Bertz CT molecular complexity index is 4540. The first-order valence-electron chi connectivity index (χ1n) is 40.3. The summed E-state index contributed by atoms with van der Waals surface area (Å²) in [6, 6.07) is 34.5. The van der Waals surface area contributed by atoms with Crippen LogP contribution in [0.25, 0.3) is 43.1 Å². The first-order valence-corrected chi connectivity index (χ1v) is 40.3. The van der Waals surface area contributed by atoms with Crippen LogP contribution in [0.3, 0.4) is 0 Å². The number of fused-ring (bicyclic) bond motifs is 2. The van der Waals surface area contributed by atoms with Gasteiger partial charge in [0.15, 0.2) is 0 Å². The number of epoxide rings is 4. The first kappa shape index (κ1) is 79.6. The van der Waals surface area contributed by atoms with Crippen LogP contribution >= 0.6 is 0 Å². The van der Waals surface area contributed by atoms with E-state index in [-0.39, 0.29) is 141 Å². The molecule has 0 aliphatic carbocycles. The van der Waals surface area contributed by atoms with Crippen molar-refractivity contribution in [1.82, 2.24) is 30.2 Å². The van der Waals surface area contributed by atoms with E-state index in [1.807, 2.05) is 111 Å². The smallest absolute Gasteiger partial charge is 0.262 e. The van der Waals surface area contributed by atoms with E-state index in [1.54, 1.807) is 24.3 Å². The van der Waals surface area contributed by atoms with Gasteiger partial charge in [0, 0.05) is 135 Å². The Balaban J connectivity index is 1.01. The number of hydrogen-bond acceptors (Lipinski definition) is 18. The summed E-state index contributed by atoms with van der Waals surface area (Å²) in [4.78, 5) is 104. The SMILES string of the molecule is CCOCCC(C(=O)NCCN(CC1CO1)CC1CO1)N1C(=O)c2cc(Oc3ccc(C(C)(C)C)cc3)c3c4c(Oc5ccc(C(C)(C)C)cc5)cc5c6c(cc(Oc7ccc(C(C)(C)C)cc7)c(c7c(Oc8ccc(C(C)(C)C)cc8)cc(c2c37)C1=O)c64)C(=O)N(C(CCOCC)C(=O)NCCN(CC1CO1)CC1CO1)C5=O. The third kappa shape index (κ3) is 17.1. The molecule has 6 aliphatic heterocycles. The van der Waals surface area contributed by atoms with Gasteiger partial charge in [-0.2, -0.15) is 0 Å². The minimum atomic E-state index is -1.39. The molecule has 6 amide bonds. The van der Waals surface area contributed by atoms with Gasteiger partial charge in [-0.3, -0.25) is 48.4 Å². The number of imide groups is 2. The topological polar surface area (TPSA) is 245 Å². The lowest BCUT2D eigenvalue weighted by Crippen LogP contribution is -2.55. The molecule has 6 aliphatic rings. The number of carbonyl (C=O) groups excluding carboxylic acids is 6. The number of nitrogens with zero attached hydrogens (tertiary/aromatic N) is 4. The van der Waals surface area contributed by atoms with Gasteiger partial charge in [-0.1, -0.05) is 132 Å². The van der Waals surface area contributed by atoms with E-state index in [0.717, 1.165) is 32.1 Å². The van der Waals surface area contributed by atoms with Crippen LogP contribution in [0.1, 0.15) is 173 Å². The lowest BCUT2D eigenvalue weighted by molar-refractivity contribution is -0.126. The fourth-order valence-electron chi connectivity index (χ4n) is 15.7. The molecule has 15 rings (SSSR count). The van der Waals surface area contributed by atoms with Crippen molar-refractivity contribution >= 4 is 78.5 Å². The highest BCUT2D eigenvalue weighted by atomic mass is 16.6. The minimum Gasteiger partial charge on any atom is -0.457 e. The van der Waals surface area contributed by atoms with Crippen molar-refractivity contribution in [2.45, 2.75) is 168 Å². The second kappa shape index (κ2) is 31.9. The monoisotopic (exact) mass is 1550 g/mol. The van der Waals surface area contributed by atoms with Crippen molar-refractivity contribution in [3.63, 3.8) is 0 Å². The Hall–Kier alpha value is -9.62. The number of ether oxygens (including phenoxy) is 10. The largest absolute Gasteiger partial charge is 0.457 e. The average molecular weight is 1550 g/mol. The van der Waals surface area contributed by atoms with Crippen LogP contribution in [-0.4, -0.2) is 197 Å². The maximum atomic E-state index is 16.6. The van der Waals surface area contributed by atoms with Crippen molar-refractivity contribution in [3.8, 4) is 46.0 Å². The average Bonchev–Trinajstić information content (AvgIpc) is 1.05. The highest BCUT2D eigenvalue weighted by Gasteiger charge is 2.47. The molecule has 0 spiro atoms. The molecule has 4 saturated heterocycles. The Morgan fingerprint density at radius 3 is 0.833 bits per heavy atom. The van der Waals surface area contributed by atoms with E-state index < -0.39 is 47.5 Å². The fourth-order valence-corrected chi connectivity index (χ4v) is 15.7. The summed E-state index contributed by atoms with van der Waals surface area (Å²) in [5.41, 5.74) is 3.10. The molecule has 0 aromatic heterocycles. The molecule has 22 heteroatoms. The highest BCUT2D eigenvalue weighted by molar-refractivity contribution is 6.45. The second-order valence-corrected chi connectivity index (χ2v) is 35.1. The number of amides is 6. The molecule has 6 heterocycles. The Labute approximate surface area is 666 Å². The van der Waals surface area contributed by atoms with Gasteiger partial charge in [-0.25, -0.2) is 0 Å². The van der Waals surface area contributed by atoms with Crippen molar-refractivity contribution in [3.05, 3.63) is 166 Å². The van der Waals surface area contributed by atoms with Gasteiger partial charge in [-0.05, 0) is 131 Å². The molecule has 9 aromatic carbocycles. The van der Waals surface area contributed by atoms with E-state index in [0.29, 0.717) is 134 Å². The summed E-state index contributed by atoms with van der Waals surface area (Å²) in [6.45, 7) is 36.3. The zero-order valence-electron chi connectivity index (χ0n) is 68.1. The number of hydrogen-bond donors (Lipinski definition) is 2. The third-order valence-corrected chi connectivity index (χ3v) is 22.4. The Morgan fingerprint density at radius 1 is 0.386 bits per heavy atom. The molecular weight excluding hydrogens is 1450 g/mol. The summed E-state index contributed by atoms with van der Waals surface area (Å²) in [5, 5.41) is 8.46. The van der Waals surface area contributed by atoms with E-state index in [1.165, 1.54) is 0 Å². The van der Waals surface area contributed by atoms with Gasteiger partial charge in [0.2, 0.25) is 11.8 Å². The van der Waals surface area contributed by atoms with Gasteiger partial charge in [-0.15, -0.1) is 0 Å². The van der Waals surface area contributed by atoms with Crippen LogP contribution in [-0.2, 0) is 59.7 Å². The zero-order valence-corrected chi connectivity index (χ0v) is 68.1. The van der Waals surface area contributed by atoms with E-state index in [9.17, 15) is 0 Å². The van der Waals surface area contributed by atoms with Gasteiger partial charge >= 0.3 is 0 Å². The number of nitrogens with one attached hydrogen (secondary N) is 2. The van der Waals surface area contributed by atoms with Crippen molar-refractivity contribution in [2.24, 2.45) is 0 Å². The predicted molar refractivity (Wildman–Crippen MR) is 437 cm³/mol. The molecule has 114 heavy (non-hydrogen) atoms. The van der Waals surface area contributed by atoms with Crippen molar-refractivity contribution in [1.29, 1.82) is 0 Å². The number of carbonyl (C=O) groups is 6. The Kier molecular flexibility index (Phi) is 22.3. The molecule has 22 nitrogen and oxygen atoms in total. The van der Waals surface area contributed by atoms with Crippen LogP contribution in [0.2, 0.25) is 0 Å². The maximum Gasteiger partial charge on any atom is 0.262 e. The molecular formula is C92H106N6O16. The first-order chi connectivity index (χ1) is 54.4. The molecule has 0 bridgehead atoms. The molecule has 4 fully saturated rings. The van der Waals surface area contributed by atoms with Crippen LogP contribution in [0.15, 0.2) is 121 Å².